The second kappa shape index (κ2) is 11.3. The van der Waals surface area contributed by atoms with Crippen molar-refractivity contribution in [1.82, 2.24) is 15.5 Å². The molecule has 3 saturated heterocycles. The lowest BCUT2D eigenvalue weighted by molar-refractivity contribution is -0.194. The van der Waals surface area contributed by atoms with Gasteiger partial charge in [-0.25, -0.2) is 8.78 Å². The minimum absolute atomic E-state index is 0.0971. The quantitative estimate of drug-likeness (QED) is 0.424. The lowest BCUT2D eigenvalue weighted by atomic mass is 9.71. The molecular weight excluding hydrogens is 528 g/mol. The number of nitrogens with zero attached hydrogens (tertiary/aromatic N) is 2. The summed E-state index contributed by atoms with van der Waals surface area (Å²) in [7, 11) is 0. The Hall–Kier alpha value is -2.93. The molecule has 2 saturated carbocycles. The second-order valence-electron chi connectivity index (χ2n) is 11.4. The molecule has 5 fully saturated rings. The summed E-state index contributed by atoms with van der Waals surface area (Å²) < 4.78 is 30.3. The molecule has 210 valence electrons. The first-order valence-electron chi connectivity index (χ1n) is 13.9. The predicted octanol–water partition coefficient (Wildman–Crippen LogP) is 3.86. The zero-order valence-corrected chi connectivity index (χ0v) is 22.4. The molecule has 3 N–H and O–H groups in total. The maximum Gasteiger partial charge on any atom is 0.255 e. The number of nitrogens with one attached hydrogen (secondary N) is 3. The average Bonchev–Trinajstić information content (AvgIpc) is 3.72. The Balaban J connectivity index is 1.38. The van der Waals surface area contributed by atoms with Crippen LogP contribution in [-0.4, -0.2) is 59.3 Å². The van der Waals surface area contributed by atoms with E-state index in [0.717, 1.165) is 19.3 Å². The van der Waals surface area contributed by atoms with Gasteiger partial charge in [0.15, 0.2) is 0 Å². The number of rotatable bonds is 9. The fraction of sp³-hybridized carbons (Fsp3) is 0.643. The average molecular weight is 562 g/mol. The fourth-order valence-corrected chi connectivity index (χ4v) is 6.63. The molecule has 0 radical (unpaired) electrons. The van der Waals surface area contributed by atoms with E-state index in [2.05, 4.69) is 16.0 Å². The largest absolute Gasteiger partial charge is 0.374 e. The summed E-state index contributed by atoms with van der Waals surface area (Å²) in [5.74, 6) is -5.83. The van der Waals surface area contributed by atoms with Crippen molar-refractivity contribution in [3.63, 3.8) is 0 Å². The highest BCUT2D eigenvalue weighted by Crippen LogP contribution is 2.49. The van der Waals surface area contributed by atoms with Crippen molar-refractivity contribution in [2.45, 2.75) is 87.9 Å². The fourth-order valence-electron chi connectivity index (χ4n) is 6.44. The molecule has 8 nitrogen and oxygen atoms in total. The van der Waals surface area contributed by atoms with Gasteiger partial charge in [-0.2, -0.15) is 5.26 Å². The summed E-state index contributed by atoms with van der Waals surface area (Å²) in [5, 5.41) is 18.9. The summed E-state index contributed by atoms with van der Waals surface area (Å²) >= 11 is 6.14. The first kappa shape index (κ1) is 27.6. The lowest BCUT2D eigenvalue weighted by Crippen LogP contribution is -2.70. The molecule has 3 aliphatic heterocycles. The Kier molecular flexibility index (Phi) is 7.99. The third-order valence-corrected chi connectivity index (χ3v) is 8.82. The number of piperidine rings is 3. The maximum atomic E-state index is 15.1. The van der Waals surface area contributed by atoms with Gasteiger partial charge < -0.3 is 20.9 Å². The van der Waals surface area contributed by atoms with Crippen molar-refractivity contribution in [1.29, 1.82) is 5.26 Å². The standard InChI is InChI=1S/C28H34ClF2N5O3/c29-18-4-1-5-19(13-18)34-23(11-16-6-7-16)27(39)36-21-8-9-22(28(30,31)14-21)24(36)26(38)35-20(15-32)12-17-3-2-10-33-25(17)37/h1,4-5,13,16-17,20-24,34H,2-3,6-12,14H2,(H,33,37)(H,35,38)/t17-,20+,21-,22-,23-,24+/m0/s1. The van der Waals surface area contributed by atoms with Gasteiger partial charge in [0.05, 0.1) is 12.0 Å². The summed E-state index contributed by atoms with van der Waals surface area (Å²) in [6, 6.07) is 5.10. The van der Waals surface area contributed by atoms with Gasteiger partial charge in [-0.3, -0.25) is 14.4 Å². The number of anilines is 1. The summed E-state index contributed by atoms with van der Waals surface area (Å²) in [6.07, 6.45) is 4.01. The van der Waals surface area contributed by atoms with Crippen LogP contribution in [0.15, 0.2) is 24.3 Å². The van der Waals surface area contributed by atoms with E-state index in [1.807, 2.05) is 6.07 Å². The molecular formula is C28H34ClF2N5O3. The van der Waals surface area contributed by atoms with Crippen LogP contribution in [0, 0.1) is 29.1 Å². The molecule has 1 aromatic rings. The molecule has 3 amide bonds. The summed E-state index contributed by atoms with van der Waals surface area (Å²) in [6.45, 7) is 0.571. The van der Waals surface area contributed by atoms with E-state index in [1.165, 1.54) is 4.90 Å². The number of hydrogen-bond donors (Lipinski definition) is 3. The Morgan fingerprint density at radius 2 is 2.00 bits per heavy atom. The molecule has 11 heteroatoms. The molecule has 5 aliphatic rings. The Morgan fingerprint density at radius 3 is 2.67 bits per heavy atom. The molecule has 6 rings (SSSR count). The molecule has 2 aliphatic carbocycles. The van der Waals surface area contributed by atoms with E-state index in [-0.39, 0.29) is 24.7 Å². The highest BCUT2D eigenvalue weighted by molar-refractivity contribution is 6.30. The topological polar surface area (TPSA) is 114 Å². The number of carbonyl (C=O) groups is 3. The van der Waals surface area contributed by atoms with E-state index < -0.39 is 54.3 Å². The van der Waals surface area contributed by atoms with Gasteiger partial charge >= 0.3 is 0 Å². The first-order valence-corrected chi connectivity index (χ1v) is 14.2. The summed E-state index contributed by atoms with van der Waals surface area (Å²) in [5.41, 5.74) is 0.644. The molecule has 0 spiro atoms. The van der Waals surface area contributed by atoms with Crippen LogP contribution >= 0.6 is 11.6 Å². The Bertz CT molecular complexity index is 1160. The second-order valence-corrected chi connectivity index (χ2v) is 11.9. The monoisotopic (exact) mass is 561 g/mol. The van der Waals surface area contributed by atoms with Crippen LogP contribution in [0.2, 0.25) is 5.02 Å². The molecule has 6 atom stereocenters. The minimum atomic E-state index is -3.10. The van der Waals surface area contributed by atoms with Gasteiger partial charge in [-0.15, -0.1) is 0 Å². The van der Waals surface area contributed by atoms with Crippen LogP contribution < -0.4 is 16.0 Å². The maximum absolute atomic E-state index is 15.1. The Morgan fingerprint density at radius 1 is 1.21 bits per heavy atom. The van der Waals surface area contributed by atoms with Crippen LogP contribution in [0.4, 0.5) is 14.5 Å². The number of nitriles is 1. The van der Waals surface area contributed by atoms with Crippen molar-refractivity contribution >= 4 is 35.0 Å². The molecule has 0 aromatic heterocycles. The van der Waals surface area contributed by atoms with Crippen molar-refractivity contribution in [3.8, 4) is 6.07 Å². The van der Waals surface area contributed by atoms with Gasteiger partial charge in [0.2, 0.25) is 17.7 Å². The third-order valence-electron chi connectivity index (χ3n) is 8.58. The summed E-state index contributed by atoms with van der Waals surface area (Å²) in [4.78, 5) is 41.3. The number of amides is 3. The smallest absolute Gasteiger partial charge is 0.255 e. The zero-order valence-electron chi connectivity index (χ0n) is 21.7. The van der Waals surface area contributed by atoms with Crippen molar-refractivity contribution in [2.75, 3.05) is 11.9 Å². The number of carbonyl (C=O) groups excluding carboxylic acids is 3. The van der Waals surface area contributed by atoms with Crippen molar-refractivity contribution in [2.24, 2.45) is 17.8 Å². The van der Waals surface area contributed by atoms with E-state index in [4.69, 9.17) is 11.6 Å². The number of benzene rings is 1. The van der Waals surface area contributed by atoms with E-state index in [9.17, 15) is 19.6 Å². The lowest BCUT2D eigenvalue weighted by Gasteiger charge is -2.54. The van der Waals surface area contributed by atoms with Crippen LogP contribution in [0.3, 0.4) is 0 Å². The van der Waals surface area contributed by atoms with Gasteiger partial charge in [0.1, 0.15) is 18.1 Å². The van der Waals surface area contributed by atoms with E-state index in [1.54, 1.807) is 24.3 Å². The Labute approximate surface area is 231 Å². The van der Waals surface area contributed by atoms with Crippen molar-refractivity contribution < 1.29 is 23.2 Å². The van der Waals surface area contributed by atoms with Gasteiger partial charge in [0.25, 0.3) is 5.92 Å². The van der Waals surface area contributed by atoms with Gasteiger partial charge in [-0.05, 0) is 62.6 Å². The van der Waals surface area contributed by atoms with Crippen molar-refractivity contribution in [3.05, 3.63) is 29.3 Å². The molecule has 39 heavy (non-hydrogen) atoms. The molecule has 0 unspecified atom stereocenters. The van der Waals surface area contributed by atoms with Crippen LogP contribution in [0.5, 0.6) is 0 Å². The first-order chi connectivity index (χ1) is 18.7. The zero-order chi connectivity index (χ0) is 27.7. The van der Waals surface area contributed by atoms with E-state index in [0.29, 0.717) is 42.4 Å². The van der Waals surface area contributed by atoms with Gasteiger partial charge in [0, 0.05) is 35.6 Å². The highest BCUT2D eigenvalue weighted by atomic mass is 35.5. The minimum Gasteiger partial charge on any atom is -0.374 e. The molecule has 2 bridgehead atoms. The van der Waals surface area contributed by atoms with Gasteiger partial charge in [-0.1, -0.05) is 30.5 Å². The highest BCUT2D eigenvalue weighted by Gasteiger charge is 2.61. The molecule has 1 aromatic carbocycles. The number of fused-ring (bicyclic) bond motifs is 3. The van der Waals surface area contributed by atoms with Crippen LogP contribution in [0.25, 0.3) is 0 Å². The van der Waals surface area contributed by atoms with E-state index >= 15 is 8.78 Å². The molecule has 3 heterocycles. The number of halogens is 3. The van der Waals surface area contributed by atoms with Crippen LogP contribution in [0.1, 0.15) is 57.8 Å². The third kappa shape index (κ3) is 6.13. The number of hydrogen-bond acceptors (Lipinski definition) is 5. The predicted molar refractivity (Wildman–Crippen MR) is 141 cm³/mol. The van der Waals surface area contributed by atoms with Crippen LogP contribution in [-0.2, 0) is 14.4 Å². The normalized spacial score (nSPS) is 29.1. The number of alkyl halides is 2. The SMILES string of the molecule is N#C[C@@H](C[C@@H]1CCCNC1=O)NC(=O)[C@H]1[C@@H]2CC[C@@H](CC2(F)F)N1C(=O)[C@H](CC1CC1)Nc1cccc(Cl)c1.